The molecule has 2 heterocycles. The Morgan fingerprint density at radius 1 is 0.500 bits per heavy atom. The average molecular weight is 400 g/mol. The molecule has 0 N–H and O–H groups in total. The average Bonchev–Trinajstić information content (AvgIpc) is 3.28. The standard InChI is InChI=1S/C24H20N2O4/c1-23(17-9-5-3-6-10-17,25-19(27)13-14-20(25)28)24(2,18-11-7-4-8-12-18)26-21(29)15-16-22(26)30/h3-16H,1-2H3. The molecule has 2 aromatic rings. The molecule has 0 spiro atoms. The third-order valence-corrected chi connectivity index (χ3v) is 6.13. The highest BCUT2D eigenvalue weighted by atomic mass is 16.2. The van der Waals surface area contributed by atoms with Crippen LogP contribution in [0.4, 0.5) is 0 Å². The Kier molecular flexibility index (Phi) is 4.50. The van der Waals surface area contributed by atoms with Gasteiger partial charge in [-0.15, -0.1) is 0 Å². The van der Waals surface area contributed by atoms with E-state index in [0.717, 1.165) is 9.80 Å². The molecule has 2 aromatic carbocycles. The van der Waals surface area contributed by atoms with Crippen molar-refractivity contribution in [1.29, 1.82) is 0 Å². The predicted molar refractivity (Wildman–Crippen MR) is 110 cm³/mol. The van der Waals surface area contributed by atoms with Crippen molar-refractivity contribution in [2.24, 2.45) is 0 Å². The summed E-state index contributed by atoms with van der Waals surface area (Å²) in [6, 6.07) is 18.0. The van der Waals surface area contributed by atoms with E-state index >= 15 is 0 Å². The molecule has 6 nitrogen and oxygen atoms in total. The molecule has 0 aromatic heterocycles. The molecule has 4 rings (SSSR count). The molecule has 0 fully saturated rings. The van der Waals surface area contributed by atoms with Crippen LogP contribution in [0.1, 0.15) is 25.0 Å². The highest BCUT2D eigenvalue weighted by Crippen LogP contribution is 2.50. The van der Waals surface area contributed by atoms with E-state index in [1.165, 1.54) is 24.3 Å². The minimum atomic E-state index is -1.38. The van der Waals surface area contributed by atoms with Gasteiger partial charge in [-0.05, 0) is 25.0 Å². The lowest BCUT2D eigenvalue weighted by molar-refractivity contribution is -0.164. The molecule has 30 heavy (non-hydrogen) atoms. The summed E-state index contributed by atoms with van der Waals surface area (Å²) < 4.78 is 0. The van der Waals surface area contributed by atoms with Gasteiger partial charge in [0.2, 0.25) is 0 Å². The first-order chi connectivity index (χ1) is 14.3. The van der Waals surface area contributed by atoms with Crippen LogP contribution >= 0.6 is 0 Å². The second kappa shape index (κ2) is 6.91. The van der Waals surface area contributed by atoms with E-state index < -0.39 is 34.7 Å². The molecule has 4 amide bonds. The maximum Gasteiger partial charge on any atom is 0.254 e. The molecular formula is C24H20N2O4. The van der Waals surface area contributed by atoms with Crippen molar-refractivity contribution in [1.82, 2.24) is 9.80 Å². The number of nitrogens with zero attached hydrogens (tertiary/aromatic N) is 2. The van der Waals surface area contributed by atoms with Gasteiger partial charge in [0.1, 0.15) is 11.1 Å². The van der Waals surface area contributed by atoms with Crippen LogP contribution in [0.3, 0.4) is 0 Å². The number of carbonyl (C=O) groups excluding carboxylic acids is 4. The van der Waals surface area contributed by atoms with Crippen LogP contribution in [0.5, 0.6) is 0 Å². The van der Waals surface area contributed by atoms with Crippen molar-refractivity contribution in [3.05, 3.63) is 96.1 Å². The van der Waals surface area contributed by atoms with Crippen LogP contribution in [-0.4, -0.2) is 33.4 Å². The van der Waals surface area contributed by atoms with Gasteiger partial charge >= 0.3 is 0 Å². The number of imide groups is 2. The first-order valence-corrected chi connectivity index (χ1v) is 9.55. The SMILES string of the molecule is CC(c1ccccc1)(N1C(=O)C=CC1=O)C(C)(c1ccccc1)N1C(=O)C=CC1=O. The summed E-state index contributed by atoms with van der Waals surface area (Å²) >= 11 is 0. The Hall–Kier alpha value is -3.80. The van der Waals surface area contributed by atoms with Gasteiger partial charge in [-0.25, -0.2) is 0 Å². The summed E-state index contributed by atoms with van der Waals surface area (Å²) in [6.45, 7) is 3.44. The summed E-state index contributed by atoms with van der Waals surface area (Å²) in [5.74, 6) is -2.00. The van der Waals surface area contributed by atoms with E-state index in [2.05, 4.69) is 0 Å². The Morgan fingerprint density at radius 3 is 1.03 bits per heavy atom. The van der Waals surface area contributed by atoms with Gasteiger partial charge in [0, 0.05) is 24.3 Å². The Labute approximate surface area is 174 Å². The van der Waals surface area contributed by atoms with Crippen LogP contribution in [0.2, 0.25) is 0 Å². The summed E-state index contributed by atoms with van der Waals surface area (Å²) in [6.07, 6.45) is 4.84. The van der Waals surface area contributed by atoms with Crippen molar-refractivity contribution in [3.63, 3.8) is 0 Å². The molecule has 2 aliphatic heterocycles. The minimum absolute atomic E-state index is 0.499. The van der Waals surface area contributed by atoms with Crippen molar-refractivity contribution < 1.29 is 19.2 Å². The molecule has 0 aliphatic carbocycles. The maximum atomic E-state index is 12.9. The van der Waals surface area contributed by atoms with Gasteiger partial charge in [-0.3, -0.25) is 29.0 Å². The Balaban J connectivity index is 2.07. The van der Waals surface area contributed by atoms with Gasteiger partial charge < -0.3 is 0 Å². The smallest absolute Gasteiger partial charge is 0.254 e. The number of carbonyl (C=O) groups is 4. The zero-order valence-corrected chi connectivity index (χ0v) is 16.6. The number of hydrogen-bond donors (Lipinski definition) is 0. The number of hydrogen-bond acceptors (Lipinski definition) is 4. The van der Waals surface area contributed by atoms with Gasteiger partial charge in [0.15, 0.2) is 0 Å². The largest absolute Gasteiger partial charge is 0.269 e. The molecule has 0 saturated carbocycles. The third-order valence-electron chi connectivity index (χ3n) is 6.13. The number of rotatable bonds is 5. The van der Waals surface area contributed by atoms with Gasteiger partial charge in [-0.1, -0.05) is 60.7 Å². The van der Waals surface area contributed by atoms with E-state index in [9.17, 15) is 19.2 Å². The highest BCUT2D eigenvalue weighted by molar-refractivity contribution is 6.15. The van der Waals surface area contributed by atoms with Crippen LogP contribution in [-0.2, 0) is 30.3 Å². The summed E-state index contributed by atoms with van der Waals surface area (Å²) in [5, 5.41) is 0. The van der Waals surface area contributed by atoms with E-state index in [-0.39, 0.29) is 0 Å². The number of amides is 4. The molecule has 2 aliphatic rings. The van der Waals surface area contributed by atoms with Crippen LogP contribution < -0.4 is 0 Å². The minimum Gasteiger partial charge on any atom is -0.269 e. The predicted octanol–water partition coefficient (Wildman–Crippen LogP) is 2.67. The summed E-state index contributed by atoms with van der Waals surface area (Å²) in [4.78, 5) is 53.8. The number of benzene rings is 2. The van der Waals surface area contributed by atoms with E-state index in [4.69, 9.17) is 0 Å². The van der Waals surface area contributed by atoms with Crippen molar-refractivity contribution in [3.8, 4) is 0 Å². The fraction of sp³-hybridized carbons (Fsp3) is 0.167. The molecule has 150 valence electrons. The third kappa shape index (κ3) is 2.57. The topological polar surface area (TPSA) is 74.8 Å². The van der Waals surface area contributed by atoms with Gasteiger partial charge in [-0.2, -0.15) is 0 Å². The summed E-state index contributed by atoms with van der Waals surface area (Å²) in [5.41, 5.74) is -1.53. The molecule has 0 saturated heterocycles. The Morgan fingerprint density at radius 2 is 0.767 bits per heavy atom. The first-order valence-electron chi connectivity index (χ1n) is 9.55. The molecule has 6 heteroatoms. The molecule has 2 atom stereocenters. The zero-order valence-electron chi connectivity index (χ0n) is 16.6. The van der Waals surface area contributed by atoms with Gasteiger partial charge in [0.05, 0.1) is 0 Å². The fourth-order valence-corrected chi connectivity index (χ4v) is 4.46. The quantitative estimate of drug-likeness (QED) is 0.724. The van der Waals surface area contributed by atoms with E-state index in [0.29, 0.717) is 11.1 Å². The van der Waals surface area contributed by atoms with Crippen molar-refractivity contribution in [2.45, 2.75) is 24.9 Å². The second-order valence-electron chi connectivity index (χ2n) is 7.57. The molecule has 0 bridgehead atoms. The van der Waals surface area contributed by atoms with Crippen molar-refractivity contribution in [2.75, 3.05) is 0 Å². The Bertz CT molecular complexity index is 981. The lowest BCUT2D eigenvalue weighted by Crippen LogP contribution is -2.66. The first kappa shape index (κ1) is 19.5. The highest BCUT2D eigenvalue weighted by Gasteiger charge is 2.60. The van der Waals surface area contributed by atoms with Crippen LogP contribution in [0.25, 0.3) is 0 Å². The zero-order chi connectivity index (χ0) is 21.5. The van der Waals surface area contributed by atoms with Crippen molar-refractivity contribution >= 4 is 23.6 Å². The normalized spacial score (nSPS) is 20.1. The molecular weight excluding hydrogens is 380 g/mol. The monoisotopic (exact) mass is 400 g/mol. The maximum absolute atomic E-state index is 12.9. The van der Waals surface area contributed by atoms with Crippen LogP contribution in [0, 0.1) is 0 Å². The fourth-order valence-electron chi connectivity index (χ4n) is 4.46. The molecule has 0 radical (unpaired) electrons. The summed E-state index contributed by atoms with van der Waals surface area (Å²) in [7, 11) is 0. The van der Waals surface area contributed by atoms with E-state index in [1.807, 2.05) is 12.1 Å². The second-order valence-corrected chi connectivity index (χ2v) is 7.57. The van der Waals surface area contributed by atoms with E-state index in [1.54, 1.807) is 62.4 Å². The van der Waals surface area contributed by atoms with Gasteiger partial charge in [0.25, 0.3) is 23.6 Å². The lowest BCUT2D eigenvalue weighted by Gasteiger charge is -2.54. The van der Waals surface area contributed by atoms with Crippen LogP contribution in [0.15, 0.2) is 85.0 Å². The molecule has 2 unspecified atom stereocenters. The lowest BCUT2D eigenvalue weighted by atomic mass is 9.68.